The first kappa shape index (κ1) is 44.5. The van der Waals surface area contributed by atoms with Crippen molar-refractivity contribution in [2.24, 2.45) is 0 Å². The first-order chi connectivity index (χ1) is 20.2. The van der Waals surface area contributed by atoms with Crippen LogP contribution in [0.2, 0.25) is 0 Å². The maximum atomic E-state index is 10.0. The van der Waals surface area contributed by atoms with Crippen LogP contribution in [0.25, 0.3) is 0 Å². The molecule has 0 radical (unpaired) electrons. The Morgan fingerprint density at radius 2 is 0.878 bits per heavy atom. The highest BCUT2D eigenvalue weighted by atomic mass is 35.5. The minimum absolute atomic E-state index is 0.140. The van der Waals surface area contributed by atoms with Gasteiger partial charge in [-0.05, 0) is 22.9 Å². The Morgan fingerprint density at radius 3 is 1.10 bits per heavy atom. The largest absolute Gasteiger partial charge is 0.392 e. The lowest BCUT2D eigenvalue weighted by atomic mass is 10.2. The highest BCUT2D eigenvalue weighted by Gasteiger charge is 1.84. The molecular formula is C37H54ClNO2. The minimum atomic E-state index is 0.140. The molecular weight excluding hydrogens is 526 g/mol. The Morgan fingerprint density at radius 1 is 0.561 bits per heavy atom. The Balaban J connectivity index is -0.000000206. The lowest BCUT2D eigenvalue weighted by molar-refractivity contribution is 0.112. The molecule has 226 valence electrons. The predicted octanol–water partition coefficient (Wildman–Crippen LogP) is 11.1. The maximum absolute atomic E-state index is 10.0. The van der Waals surface area contributed by atoms with Gasteiger partial charge >= 0.3 is 0 Å². The molecule has 4 aromatic rings. The zero-order valence-electron chi connectivity index (χ0n) is 26.6. The standard InChI is InChI=1S/C8H9N.C7H7Cl.C7H8O.C7H6O.4C2H6/c9-7-6-8-4-2-1-3-5-8;3*8-6-7-4-2-1-3-5-7;4*1-2/h1-5,7,9H,6H2;1-5H,6H2;1-5,8H,6H2;1-6H;4*1-2H3. The molecule has 0 atom stereocenters. The second-order valence-electron chi connectivity index (χ2n) is 6.69. The molecule has 4 aromatic carbocycles. The summed E-state index contributed by atoms with van der Waals surface area (Å²) < 4.78 is 0. The third kappa shape index (κ3) is 30.9. The van der Waals surface area contributed by atoms with E-state index in [1.807, 2.05) is 165 Å². The van der Waals surface area contributed by atoms with Gasteiger partial charge in [-0.3, -0.25) is 4.79 Å². The number of aliphatic hydroxyl groups is 1. The van der Waals surface area contributed by atoms with Gasteiger partial charge in [-0.2, -0.15) is 0 Å². The number of carbonyl (C=O) groups is 1. The SMILES string of the molecule is CC.CC.CC.CC.ClCc1ccccc1.N=CCc1ccccc1.O=Cc1ccccc1.OCc1ccccc1. The normalized spacial score (nSPS) is 7.76. The second-order valence-corrected chi connectivity index (χ2v) is 6.95. The van der Waals surface area contributed by atoms with Gasteiger partial charge in [-0.1, -0.05) is 177 Å². The van der Waals surface area contributed by atoms with E-state index in [9.17, 15) is 4.79 Å². The lowest BCUT2D eigenvalue weighted by Gasteiger charge is -1.90. The number of aliphatic hydroxyl groups excluding tert-OH is 1. The molecule has 0 unspecified atom stereocenters. The van der Waals surface area contributed by atoms with Crippen molar-refractivity contribution in [2.75, 3.05) is 0 Å². The van der Waals surface area contributed by atoms with Crippen molar-refractivity contribution in [1.29, 1.82) is 5.41 Å². The number of nitrogens with one attached hydrogen (secondary N) is 1. The summed E-state index contributed by atoms with van der Waals surface area (Å²) in [7, 11) is 0. The molecule has 3 nitrogen and oxygen atoms in total. The zero-order valence-corrected chi connectivity index (χ0v) is 27.3. The van der Waals surface area contributed by atoms with Crippen LogP contribution in [0.15, 0.2) is 121 Å². The molecule has 2 N–H and O–H groups in total. The van der Waals surface area contributed by atoms with Crippen molar-refractivity contribution in [3.8, 4) is 0 Å². The Hall–Kier alpha value is -3.53. The van der Waals surface area contributed by atoms with Crippen molar-refractivity contribution in [1.82, 2.24) is 0 Å². The molecule has 0 aliphatic carbocycles. The van der Waals surface area contributed by atoms with Crippen LogP contribution in [0.4, 0.5) is 0 Å². The number of alkyl halides is 1. The average molecular weight is 580 g/mol. The summed E-state index contributed by atoms with van der Waals surface area (Å²) in [4.78, 5) is 10.0. The fourth-order valence-electron chi connectivity index (χ4n) is 2.41. The number of hydrogen-bond acceptors (Lipinski definition) is 3. The third-order valence-electron chi connectivity index (χ3n) is 4.14. The van der Waals surface area contributed by atoms with Crippen LogP contribution < -0.4 is 0 Å². The first-order valence-electron chi connectivity index (χ1n) is 14.5. The second kappa shape index (κ2) is 41.0. The van der Waals surface area contributed by atoms with Gasteiger partial charge in [0.1, 0.15) is 6.29 Å². The predicted molar refractivity (Wildman–Crippen MR) is 185 cm³/mol. The van der Waals surface area contributed by atoms with Crippen molar-refractivity contribution in [2.45, 2.75) is 74.3 Å². The third-order valence-corrected chi connectivity index (χ3v) is 4.45. The summed E-state index contributed by atoms with van der Waals surface area (Å²) >= 11 is 5.53. The van der Waals surface area contributed by atoms with Gasteiger partial charge in [-0.15, -0.1) is 11.6 Å². The molecule has 4 heteroatoms. The molecule has 0 bridgehead atoms. The van der Waals surface area contributed by atoms with Crippen LogP contribution in [-0.4, -0.2) is 17.6 Å². The summed E-state index contributed by atoms with van der Waals surface area (Å²) in [5, 5.41) is 15.4. The number of aldehydes is 1. The summed E-state index contributed by atoms with van der Waals surface area (Å²) in [6.07, 6.45) is 3.00. The fourth-order valence-corrected chi connectivity index (χ4v) is 2.59. The van der Waals surface area contributed by atoms with Gasteiger partial charge < -0.3 is 10.5 Å². The molecule has 0 saturated heterocycles. The fraction of sp³-hybridized carbons (Fsp3) is 0.297. The van der Waals surface area contributed by atoms with Gasteiger partial charge in [0.15, 0.2) is 0 Å². The molecule has 0 aromatic heterocycles. The van der Waals surface area contributed by atoms with Crippen LogP contribution in [0.3, 0.4) is 0 Å². The Bertz CT molecular complexity index is 941. The van der Waals surface area contributed by atoms with Crippen LogP contribution in [0.1, 0.15) is 82.4 Å². The van der Waals surface area contributed by atoms with Crippen LogP contribution in [0.5, 0.6) is 0 Å². The van der Waals surface area contributed by atoms with E-state index in [-0.39, 0.29) is 6.61 Å². The monoisotopic (exact) mass is 579 g/mol. The number of hydrogen-bond donors (Lipinski definition) is 2. The van der Waals surface area contributed by atoms with Gasteiger partial charge in [0.05, 0.1) is 6.61 Å². The Labute approximate surface area is 256 Å². The van der Waals surface area contributed by atoms with E-state index in [2.05, 4.69) is 0 Å². The molecule has 0 fully saturated rings. The number of rotatable bonds is 5. The summed E-state index contributed by atoms with van der Waals surface area (Å²) in [5.41, 5.74) is 4.07. The van der Waals surface area contributed by atoms with Crippen LogP contribution in [0, 0.1) is 5.41 Å². The van der Waals surface area contributed by atoms with Gasteiger partial charge in [0.2, 0.25) is 0 Å². The molecule has 41 heavy (non-hydrogen) atoms. The summed E-state index contributed by atoms with van der Waals surface area (Å²) in [5.74, 6) is 0.612. The van der Waals surface area contributed by atoms with Crippen LogP contribution in [-0.2, 0) is 18.9 Å². The topological polar surface area (TPSA) is 61.2 Å². The number of halogens is 1. The molecule has 0 spiro atoms. The van der Waals surface area contributed by atoms with E-state index in [0.29, 0.717) is 5.88 Å². The molecule has 0 saturated carbocycles. The van der Waals surface area contributed by atoms with E-state index >= 15 is 0 Å². The number of carbonyl (C=O) groups excluding carboxylic acids is 1. The summed E-state index contributed by atoms with van der Waals surface area (Å²) in [6, 6.07) is 38.6. The van der Waals surface area contributed by atoms with E-state index in [1.54, 1.807) is 12.1 Å². The molecule has 0 aliphatic rings. The number of benzene rings is 4. The van der Waals surface area contributed by atoms with Crippen molar-refractivity contribution in [3.63, 3.8) is 0 Å². The lowest BCUT2D eigenvalue weighted by Crippen LogP contribution is -1.81. The summed E-state index contributed by atoms with van der Waals surface area (Å²) in [6.45, 7) is 16.1. The van der Waals surface area contributed by atoms with Crippen LogP contribution >= 0.6 is 11.6 Å². The van der Waals surface area contributed by atoms with E-state index < -0.39 is 0 Å². The van der Waals surface area contributed by atoms with Crippen molar-refractivity contribution < 1.29 is 9.90 Å². The van der Waals surface area contributed by atoms with Gasteiger partial charge in [-0.25, -0.2) is 0 Å². The van der Waals surface area contributed by atoms with Crippen molar-refractivity contribution >= 4 is 24.1 Å². The highest BCUT2D eigenvalue weighted by Crippen LogP contribution is 2.00. The first-order valence-corrected chi connectivity index (χ1v) is 15.0. The van der Waals surface area contributed by atoms with E-state index in [1.165, 1.54) is 17.3 Å². The highest BCUT2D eigenvalue weighted by molar-refractivity contribution is 6.17. The van der Waals surface area contributed by atoms with Gasteiger partial charge in [0.25, 0.3) is 0 Å². The molecule has 4 rings (SSSR count). The zero-order chi connectivity index (χ0) is 32.0. The Kier molecular flexibility index (Phi) is 44.4. The molecule has 0 amide bonds. The van der Waals surface area contributed by atoms with E-state index in [0.717, 1.165) is 23.8 Å². The molecule has 0 aliphatic heterocycles. The molecule has 0 heterocycles. The maximum Gasteiger partial charge on any atom is 0.150 e. The quantitative estimate of drug-likeness (QED) is 0.140. The van der Waals surface area contributed by atoms with Gasteiger partial charge in [0, 0.05) is 17.9 Å². The minimum Gasteiger partial charge on any atom is -0.392 e. The van der Waals surface area contributed by atoms with Crippen molar-refractivity contribution in [3.05, 3.63) is 144 Å². The van der Waals surface area contributed by atoms with E-state index in [4.69, 9.17) is 22.1 Å². The average Bonchev–Trinajstić information content (AvgIpc) is 3.11. The smallest absolute Gasteiger partial charge is 0.150 e.